The fourth-order valence-electron chi connectivity index (χ4n) is 4.18. The van der Waals surface area contributed by atoms with Gasteiger partial charge in [0.2, 0.25) is 11.8 Å². The van der Waals surface area contributed by atoms with Crippen LogP contribution in [0.3, 0.4) is 0 Å². The van der Waals surface area contributed by atoms with E-state index in [0.717, 1.165) is 10.9 Å². The van der Waals surface area contributed by atoms with Gasteiger partial charge >= 0.3 is 0 Å². The fraction of sp³-hybridized carbons (Fsp3) is 0.500. The van der Waals surface area contributed by atoms with E-state index >= 15 is 0 Å². The summed E-state index contributed by atoms with van der Waals surface area (Å²) in [5.74, 6) is -0.842. The van der Waals surface area contributed by atoms with Crippen LogP contribution in [0.4, 0.5) is 0 Å². The summed E-state index contributed by atoms with van der Waals surface area (Å²) in [5, 5.41) is 28.3. The molecule has 1 fully saturated rings. The van der Waals surface area contributed by atoms with Crippen LogP contribution in [-0.4, -0.2) is 59.7 Å². The zero-order valence-corrected chi connectivity index (χ0v) is 19.6. The van der Waals surface area contributed by atoms with Crippen LogP contribution < -0.4 is 20.7 Å². The van der Waals surface area contributed by atoms with Gasteiger partial charge in [-0.2, -0.15) is 5.26 Å². The van der Waals surface area contributed by atoms with E-state index in [0.29, 0.717) is 25.1 Å². The first-order valence-corrected chi connectivity index (χ1v) is 11.4. The number of aromatic amines is 1. The van der Waals surface area contributed by atoms with Gasteiger partial charge in [-0.3, -0.25) is 14.4 Å². The van der Waals surface area contributed by atoms with Gasteiger partial charge in [0.15, 0.2) is 6.10 Å². The standard InChI is InChI=1S/C24H31N5O5/c1-13(2)9-18(23(32)28-17(20(30)12-25)10-14-7-8-26-22(14)31)29-24(33)19-11-15-16(27-19)5-4-6-21(15)34-3/h4-6,11,13-14,17-18,20,27,30H,7-10H2,1-3H3,(H,26,31)(H,28,32)(H,29,33)/t14?,17?,18-,20?/m0/s1. The molecule has 0 radical (unpaired) electrons. The van der Waals surface area contributed by atoms with E-state index in [2.05, 4.69) is 20.9 Å². The summed E-state index contributed by atoms with van der Waals surface area (Å²) in [4.78, 5) is 41.1. The summed E-state index contributed by atoms with van der Waals surface area (Å²) in [7, 11) is 1.55. The Morgan fingerprint density at radius 1 is 1.32 bits per heavy atom. The predicted octanol–water partition coefficient (Wildman–Crippen LogP) is 1.22. The highest BCUT2D eigenvalue weighted by Crippen LogP contribution is 2.26. The van der Waals surface area contributed by atoms with Gasteiger partial charge in [0.1, 0.15) is 17.5 Å². The van der Waals surface area contributed by atoms with E-state index in [1.165, 1.54) is 0 Å². The molecule has 0 aliphatic carbocycles. The van der Waals surface area contributed by atoms with E-state index in [9.17, 15) is 24.8 Å². The number of carbonyl (C=O) groups is 3. The number of nitrogens with zero attached hydrogens (tertiary/aromatic N) is 1. The number of methoxy groups -OCH3 is 1. The maximum atomic E-state index is 13.1. The van der Waals surface area contributed by atoms with Gasteiger partial charge in [0.05, 0.1) is 19.2 Å². The summed E-state index contributed by atoms with van der Waals surface area (Å²) in [6.45, 7) is 4.36. The Bertz CT molecular complexity index is 1090. The second-order valence-electron chi connectivity index (χ2n) is 8.96. The third-order valence-electron chi connectivity index (χ3n) is 5.96. The molecule has 182 valence electrons. The molecule has 1 aromatic carbocycles. The highest BCUT2D eigenvalue weighted by molar-refractivity contribution is 6.01. The molecule has 1 aliphatic rings. The van der Waals surface area contributed by atoms with Crippen LogP contribution in [0, 0.1) is 23.2 Å². The lowest BCUT2D eigenvalue weighted by Crippen LogP contribution is -2.53. The number of nitrogens with one attached hydrogen (secondary N) is 4. The minimum Gasteiger partial charge on any atom is -0.496 e. The molecule has 0 saturated carbocycles. The normalized spacial score (nSPS) is 18.1. The number of aliphatic hydroxyl groups is 1. The summed E-state index contributed by atoms with van der Waals surface area (Å²) in [5.41, 5.74) is 0.999. The quantitative estimate of drug-likeness (QED) is 0.329. The molecule has 1 saturated heterocycles. The Kier molecular flexibility index (Phi) is 8.12. The molecule has 34 heavy (non-hydrogen) atoms. The Balaban J connectivity index is 1.75. The van der Waals surface area contributed by atoms with Gasteiger partial charge in [-0.15, -0.1) is 0 Å². The molecule has 1 aliphatic heterocycles. The van der Waals surface area contributed by atoms with Gasteiger partial charge < -0.3 is 30.8 Å². The fourth-order valence-corrected chi connectivity index (χ4v) is 4.18. The first-order chi connectivity index (χ1) is 16.2. The molecule has 10 nitrogen and oxygen atoms in total. The number of benzene rings is 1. The molecular weight excluding hydrogens is 438 g/mol. The summed E-state index contributed by atoms with van der Waals surface area (Å²) < 4.78 is 5.34. The van der Waals surface area contributed by atoms with Crippen molar-refractivity contribution < 1.29 is 24.2 Å². The monoisotopic (exact) mass is 469 g/mol. The van der Waals surface area contributed by atoms with E-state index in [1.54, 1.807) is 31.4 Å². The first kappa shape index (κ1) is 25.1. The zero-order chi connectivity index (χ0) is 24.8. The highest BCUT2D eigenvalue weighted by Gasteiger charge is 2.33. The molecule has 10 heteroatoms. The van der Waals surface area contributed by atoms with Crippen molar-refractivity contribution in [1.82, 2.24) is 20.9 Å². The second kappa shape index (κ2) is 11.0. The van der Waals surface area contributed by atoms with E-state index in [1.807, 2.05) is 19.9 Å². The maximum Gasteiger partial charge on any atom is 0.268 e. The van der Waals surface area contributed by atoms with Crippen molar-refractivity contribution in [1.29, 1.82) is 5.26 Å². The molecule has 3 rings (SSSR count). The number of amides is 3. The van der Waals surface area contributed by atoms with Gasteiger partial charge in [-0.1, -0.05) is 19.9 Å². The van der Waals surface area contributed by atoms with Gasteiger partial charge in [0, 0.05) is 23.4 Å². The van der Waals surface area contributed by atoms with Crippen LogP contribution in [0.15, 0.2) is 24.3 Å². The van der Waals surface area contributed by atoms with Crippen LogP contribution in [0.2, 0.25) is 0 Å². The number of nitriles is 1. The van der Waals surface area contributed by atoms with E-state index in [-0.39, 0.29) is 23.9 Å². The topological polar surface area (TPSA) is 156 Å². The van der Waals surface area contributed by atoms with Crippen molar-refractivity contribution in [3.8, 4) is 11.8 Å². The number of aliphatic hydroxyl groups excluding tert-OH is 1. The zero-order valence-electron chi connectivity index (χ0n) is 19.6. The van der Waals surface area contributed by atoms with Crippen LogP contribution in [0.1, 0.15) is 43.6 Å². The summed E-state index contributed by atoms with van der Waals surface area (Å²) in [6, 6.07) is 6.98. The summed E-state index contributed by atoms with van der Waals surface area (Å²) in [6.07, 6.45) is -0.426. The Morgan fingerprint density at radius 2 is 2.09 bits per heavy atom. The number of rotatable bonds is 10. The Morgan fingerprint density at radius 3 is 2.71 bits per heavy atom. The molecule has 3 amide bonds. The van der Waals surface area contributed by atoms with Crippen molar-refractivity contribution in [2.24, 2.45) is 11.8 Å². The van der Waals surface area contributed by atoms with Crippen molar-refractivity contribution in [2.45, 2.75) is 51.3 Å². The number of ether oxygens (including phenoxy) is 1. The molecule has 3 unspecified atom stereocenters. The van der Waals surface area contributed by atoms with E-state index in [4.69, 9.17) is 4.74 Å². The largest absolute Gasteiger partial charge is 0.496 e. The SMILES string of the molecule is COc1cccc2[nH]c(C(=O)N[C@@H](CC(C)C)C(=O)NC(CC3CCNC3=O)C(O)C#N)cc12. The third kappa shape index (κ3) is 5.85. The van der Waals surface area contributed by atoms with Crippen LogP contribution in [0.25, 0.3) is 10.9 Å². The average molecular weight is 470 g/mol. The third-order valence-corrected chi connectivity index (χ3v) is 5.96. The number of hydrogen-bond acceptors (Lipinski definition) is 6. The van der Waals surface area contributed by atoms with Crippen molar-refractivity contribution in [3.05, 3.63) is 30.0 Å². The minimum atomic E-state index is -1.48. The minimum absolute atomic E-state index is 0.0822. The average Bonchev–Trinajstić information content (AvgIpc) is 3.43. The molecule has 0 bridgehead atoms. The number of carbonyl (C=O) groups excluding carboxylic acids is 3. The summed E-state index contributed by atoms with van der Waals surface area (Å²) >= 11 is 0. The predicted molar refractivity (Wildman–Crippen MR) is 125 cm³/mol. The number of aromatic nitrogens is 1. The highest BCUT2D eigenvalue weighted by atomic mass is 16.5. The lowest BCUT2D eigenvalue weighted by Gasteiger charge is -2.26. The molecule has 5 N–H and O–H groups in total. The number of hydrogen-bond donors (Lipinski definition) is 5. The Labute approximate surface area is 198 Å². The Hall–Kier alpha value is -3.58. The van der Waals surface area contributed by atoms with Crippen LogP contribution >= 0.6 is 0 Å². The van der Waals surface area contributed by atoms with Crippen molar-refractivity contribution >= 4 is 28.6 Å². The maximum absolute atomic E-state index is 13.1. The van der Waals surface area contributed by atoms with Gasteiger partial charge in [-0.25, -0.2) is 0 Å². The molecule has 0 spiro atoms. The lowest BCUT2D eigenvalue weighted by molar-refractivity contribution is -0.126. The van der Waals surface area contributed by atoms with Gasteiger partial charge in [0.25, 0.3) is 5.91 Å². The molecule has 2 heterocycles. The number of H-pyrrole nitrogens is 1. The lowest BCUT2D eigenvalue weighted by atomic mass is 9.94. The van der Waals surface area contributed by atoms with E-state index < -0.39 is 35.9 Å². The first-order valence-electron chi connectivity index (χ1n) is 11.4. The molecule has 2 aromatic rings. The van der Waals surface area contributed by atoms with Crippen LogP contribution in [0.5, 0.6) is 5.75 Å². The van der Waals surface area contributed by atoms with Crippen LogP contribution in [-0.2, 0) is 9.59 Å². The molecule has 4 atom stereocenters. The second-order valence-corrected chi connectivity index (χ2v) is 8.96. The molecular formula is C24H31N5O5. The van der Waals surface area contributed by atoms with Crippen molar-refractivity contribution in [2.75, 3.05) is 13.7 Å². The molecule has 1 aromatic heterocycles. The number of fused-ring (bicyclic) bond motifs is 1. The smallest absolute Gasteiger partial charge is 0.268 e. The van der Waals surface area contributed by atoms with Gasteiger partial charge in [-0.05, 0) is 43.4 Å². The van der Waals surface area contributed by atoms with Crippen molar-refractivity contribution in [3.63, 3.8) is 0 Å².